The van der Waals surface area contributed by atoms with Crippen LogP contribution in [0.15, 0.2) is 60.7 Å². The van der Waals surface area contributed by atoms with Crippen LogP contribution >= 0.6 is 23.2 Å². The Balaban J connectivity index is 1.54. The number of benzene rings is 3. The monoisotopic (exact) mass is 593 g/mol. The number of methoxy groups -OCH3 is 1. The summed E-state index contributed by atoms with van der Waals surface area (Å²) in [5.41, 5.74) is 3.43. The predicted octanol–water partition coefficient (Wildman–Crippen LogP) is 6.64. The first-order valence-electron chi connectivity index (χ1n) is 13.7. The van der Waals surface area contributed by atoms with Gasteiger partial charge in [0.1, 0.15) is 5.75 Å². The highest BCUT2D eigenvalue weighted by Gasteiger charge is 2.67. The Bertz CT molecular complexity index is 1540. The van der Waals surface area contributed by atoms with Crippen LogP contribution < -0.4 is 15.0 Å². The highest BCUT2D eigenvalue weighted by Crippen LogP contribution is 2.61. The number of halogens is 2. The third kappa shape index (κ3) is 4.46. The summed E-state index contributed by atoms with van der Waals surface area (Å²) in [5.74, 6) is -0.938. The van der Waals surface area contributed by atoms with Gasteiger partial charge in [0.25, 0.3) is 0 Å². The highest BCUT2D eigenvalue weighted by molar-refractivity contribution is 6.31. The maximum Gasteiger partial charge on any atom is 0.335 e. The van der Waals surface area contributed by atoms with E-state index in [1.165, 1.54) is 19.2 Å². The fraction of sp³-hybridized carbons (Fsp3) is 0.375. The van der Waals surface area contributed by atoms with Gasteiger partial charge in [0.05, 0.1) is 31.1 Å². The van der Waals surface area contributed by atoms with Crippen LogP contribution in [0.3, 0.4) is 0 Å². The molecule has 0 radical (unpaired) electrons. The molecule has 3 aliphatic rings. The van der Waals surface area contributed by atoms with E-state index in [1.807, 2.05) is 36.4 Å². The smallest absolute Gasteiger partial charge is 0.335 e. The van der Waals surface area contributed by atoms with Crippen molar-refractivity contribution in [3.8, 4) is 5.75 Å². The number of aromatic carboxylic acids is 1. The van der Waals surface area contributed by atoms with Gasteiger partial charge in [-0.1, -0.05) is 56.1 Å². The highest BCUT2D eigenvalue weighted by atomic mass is 35.5. The first-order chi connectivity index (χ1) is 19.4. The third-order valence-electron chi connectivity index (χ3n) is 8.85. The molecule has 41 heavy (non-hydrogen) atoms. The summed E-state index contributed by atoms with van der Waals surface area (Å²) < 4.78 is 5.59. The molecular formula is C32H33Cl2N3O4. The number of carboxylic acids is 1. The fourth-order valence-electron chi connectivity index (χ4n) is 7.26. The van der Waals surface area contributed by atoms with Crippen LogP contribution in [0.4, 0.5) is 11.4 Å². The Kier molecular flexibility index (Phi) is 6.76. The van der Waals surface area contributed by atoms with Crippen LogP contribution in [-0.4, -0.2) is 54.3 Å². The van der Waals surface area contributed by atoms with Crippen molar-refractivity contribution < 1.29 is 19.4 Å². The zero-order valence-corrected chi connectivity index (χ0v) is 25.0. The van der Waals surface area contributed by atoms with E-state index in [0.29, 0.717) is 34.7 Å². The molecule has 214 valence electrons. The largest absolute Gasteiger partial charge is 0.495 e. The number of hydrogen-bond acceptors (Lipinski definition) is 5. The number of rotatable bonds is 5. The summed E-state index contributed by atoms with van der Waals surface area (Å²) >= 11 is 12.9. The zero-order chi connectivity index (χ0) is 29.3. The van der Waals surface area contributed by atoms with Crippen LogP contribution in [0.2, 0.25) is 10.0 Å². The van der Waals surface area contributed by atoms with E-state index >= 15 is 0 Å². The average Bonchev–Trinajstić information content (AvgIpc) is 3.54. The zero-order valence-electron chi connectivity index (χ0n) is 23.4. The molecule has 0 aromatic heterocycles. The second-order valence-electron chi connectivity index (χ2n) is 12.5. The van der Waals surface area contributed by atoms with Gasteiger partial charge in [-0.25, -0.2) is 4.79 Å². The summed E-state index contributed by atoms with van der Waals surface area (Å²) in [6.45, 7) is 7.73. The molecule has 0 saturated carbocycles. The van der Waals surface area contributed by atoms with Gasteiger partial charge < -0.3 is 15.2 Å². The van der Waals surface area contributed by atoms with Gasteiger partial charge in [0.2, 0.25) is 5.91 Å². The lowest BCUT2D eigenvalue weighted by Gasteiger charge is -2.42. The van der Waals surface area contributed by atoms with E-state index in [4.69, 9.17) is 27.9 Å². The molecule has 4 atom stereocenters. The molecule has 2 fully saturated rings. The van der Waals surface area contributed by atoms with Crippen molar-refractivity contribution in [2.75, 3.05) is 30.5 Å². The number of amides is 1. The average molecular weight is 595 g/mol. The van der Waals surface area contributed by atoms with Crippen LogP contribution in [0.5, 0.6) is 5.75 Å². The van der Waals surface area contributed by atoms with E-state index in [1.54, 1.807) is 11.0 Å². The minimum Gasteiger partial charge on any atom is -0.495 e. The van der Waals surface area contributed by atoms with Gasteiger partial charge in [-0.3, -0.25) is 14.6 Å². The number of fused-ring (bicyclic) bond motifs is 3. The molecule has 7 nitrogen and oxygen atoms in total. The van der Waals surface area contributed by atoms with Crippen molar-refractivity contribution in [2.24, 2.45) is 5.41 Å². The molecule has 1 spiro atoms. The summed E-state index contributed by atoms with van der Waals surface area (Å²) in [4.78, 5) is 30.3. The van der Waals surface area contributed by atoms with Crippen molar-refractivity contribution in [2.45, 2.75) is 50.6 Å². The number of carbonyl (C=O) groups excluding carboxylic acids is 1. The molecule has 3 heterocycles. The summed E-state index contributed by atoms with van der Waals surface area (Å²) in [7, 11) is 1.49. The molecule has 3 aromatic carbocycles. The Hall–Kier alpha value is -3.26. The first-order valence-corrected chi connectivity index (χ1v) is 14.5. The van der Waals surface area contributed by atoms with Gasteiger partial charge in [-0.2, -0.15) is 0 Å². The molecule has 3 aliphatic heterocycles. The summed E-state index contributed by atoms with van der Waals surface area (Å²) in [5, 5.41) is 14.5. The number of ether oxygens (including phenoxy) is 1. The summed E-state index contributed by atoms with van der Waals surface area (Å²) in [6, 6.07) is 18.0. The summed E-state index contributed by atoms with van der Waals surface area (Å²) in [6.07, 6.45) is 0.845. The number of hydrogen-bond donors (Lipinski definition) is 2. The van der Waals surface area contributed by atoms with Gasteiger partial charge in [0.15, 0.2) is 0 Å². The Labute approximate surface area is 250 Å². The quantitative estimate of drug-likeness (QED) is 0.345. The van der Waals surface area contributed by atoms with Crippen LogP contribution in [0.1, 0.15) is 54.6 Å². The van der Waals surface area contributed by atoms with Crippen LogP contribution in [0.25, 0.3) is 0 Å². The number of anilines is 2. The normalized spacial score (nSPS) is 25.4. The van der Waals surface area contributed by atoms with Crippen LogP contribution in [-0.2, 0) is 10.2 Å². The molecule has 0 bridgehead atoms. The van der Waals surface area contributed by atoms with Crippen LogP contribution in [0, 0.1) is 5.41 Å². The second kappa shape index (κ2) is 9.93. The minimum absolute atomic E-state index is 0.00127. The molecule has 2 N–H and O–H groups in total. The Morgan fingerprint density at radius 2 is 1.78 bits per heavy atom. The van der Waals surface area contributed by atoms with Crippen molar-refractivity contribution >= 4 is 46.5 Å². The predicted molar refractivity (Wildman–Crippen MR) is 162 cm³/mol. The maximum absolute atomic E-state index is 14.6. The number of carbonyl (C=O) groups is 2. The number of carboxylic acid groups (broad SMARTS) is 1. The van der Waals surface area contributed by atoms with Gasteiger partial charge in [-0.15, -0.1) is 0 Å². The van der Waals surface area contributed by atoms with Crippen molar-refractivity contribution in [3.05, 3.63) is 87.4 Å². The minimum atomic E-state index is -1.05. The second-order valence-corrected chi connectivity index (χ2v) is 13.3. The molecule has 1 amide bonds. The molecule has 2 saturated heterocycles. The molecule has 0 unspecified atom stereocenters. The molecule has 9 heteroatoms. The van der Waals surface area contributed by atoms with Crippen molar-refractivity contribution in [1.82, 2.24) is 4.90 Å². The van der Waals surface area contributed by atoms with Gasteiger partial charge >= 0.3 is 5.97 Å². The van der Waals surface area contributed by atoms with Gasteiger partial charge in [-0.05, 0) is 71.5 Å². The molecule has 0 aliphatic carbocycles. The van der Waals surface area contributed by atoms with Crippen molar-refractivity contribution in [3.63, 3.8) is 0 Å². The number of nitrogens with one attached hydrogen (secondary N) is 1. The maximum atomic E-state index is 14.6. The third-order valence-corrected chi connectivity index (χ3v) is 9.34. The van der Waals surface area contributed by atoms with E-state index in [0.717, 1.165) is 23.2 Å². The lowest BCUT2D eigenvalue weighted by Crippen LogP contribution is -2.49. The van der Waals surface area contributed by atoms with Crippen molar-refractivity contribution in [1.29, 1.82) is 0 Å². The lowest BCUT2D eigenvalue weighted by molar-refractivity contribution is -0.119. The number of nitrogens with zero attached hydrogens (tertiary/aromatic N) is 2. The Morgan fingerprint density at radius 3 is 2.44 bits per heavy atom. The van der Waals surface area contributed by atoms with E-state index in [-0.39, 0.29) is 28.8 Å². The first kappa shape index (κ1) is 27.9. The topological polar surface area (TPSA) is 82.1 Å². The molecular weight excluding hydrogens is 561 g/mol. The standard InChI is InChI=1S/C32H33Cl2N3O4/c1-31(2,3)15-26-32(16-35-23-11-10-21(34)14-22(23)32)27(18-5-8-20(33)9-6-18)28-29(38)36(17-37(26)28)24-12-7-19(30(39)40)13-25(24)41-4/h5-14,26-28,35H,15-17H2,1-4H3,(H,39,40)/t26-,27-,28+,32-/m0/s1. The van der Waals surface area contributed by atoms with E-state index in [9.17, 15) is 14.7 Å². The molecule has 3 aromatic rings. The lowest BCUT2D eigenvalue weighted by atomic mass is 9.63. The van der Waals surface area contributed by atoms with E-state index < -0.39 is 17.4 Å². The van der Waals surface area contributed by atoms with Gasteiger partial charge in [0, 0.05) is 39.7 Å². The Morgan fingerprint density at radius 1 is 1.07 bits per heavy atom. The fourth-order valence-corrected chi connectivity index (χ4v) is 7.56. The SMILES string of the molecule is COc1cc(C(=O)O)ccc1N1CN2[C@@H](CC(C)(C)C)[C@@]3(CNc4ccc(Cl)cc43)[C@@H](c3ccc(Cl)cc3)[C@@H]2C1=O. The van der Waals surface area contributed by atoms with E-state index in [2.05, 4.69) is 37.1 Å². The molecule has 6 rings (SSSR count).